The maximum absolute atomic E-state index is 11.6. The maximum atomic E-state index is 11.6. The van der Waals surface area contributed by atoms with Gasteiger partial charge < -0.3 is 0 Å². The van der Waals surface area contributed by atoms with Gasteiger partial charge in [-0.2, -0.15) is 0 Å². The van der Waals surface area contributed by atoms with Crippen molar-refractivity contribution in [1.29, 1.82) is 0 Å². The summed E-state index contributed by atoms with van der Waals surface area (Å²) in [5.74, 6) is 0.212. The van der Waals surface area contributed by atoms with Crippen LogP contribution in [0.4, 0.5) is 0 Å². The second-order valence-electron chi connectivity index (χ2n) is 3.71. The zero-order valence-corrected chi connectivity index (χ0v) is 9.64. The first-order valence-corrected chi connectivity index (χ1v) is 6.15. The van der Waals surface area contributed by atoms with Crippen molar-refractivity contribution in [3.8, 4) is 0 Å². The molecule has 0 aliphatic heterocycles. The lowest BCUT2D eigenvalue weighted by Gasteiger charge is -2.18. The van der Waals surface area contributed by atoms with E-state index in [2.05, 4.69) is 22.0 Å². The fourth-order valence-electron chi connectivity index (χ4n) is 2.11. The molecule has 0 aromatic heterocycles. The molecule has 2 heteroatoms. The Morgan fingerprint density at radius 3 is 2.86 bits per heavy atom. The molecule has 74 valence electrons. The van der Waals surface area contributed by atoms with Gasteiger partial charge in [-0.05, 0) is 36.8 Å². The van der Waals surface area contributed by atoms with Crippen molar-refractivity contribution in [1.82, 2.24) is 0 Å². The first kappa shape index (κ1) is 9.91. The Labute approximate surface area is 92.6 Å². The minimum Gasteiger partial charge on any atom is -0.293 e. The fourth-order valence-corrected chi connectivity index (χ4v) is 2.42. The van der Waals surface area contributed by atoms with E-state index in [4.69, 9.17) is 0 Å². The summed E-state index contributed by atoms with van der Waals surface area (Å²) in [5.41, 5.74) is 3.60. The van der Waals surface area contributed by atoms with Crippen LogP contribution in [0.5, 0.6) is 0 Å². The van der Waals surface area contributed by atoms with Gasteiger partial charge in [-0.3, -0.25) is 4.79 Å². The van der Waals surface area contributed by atoms with E-state index < -0.39 is 0 Å². The van der Waals surface area contributed by atoms with E-state index in [0.717, 1.165) is 18.4 Å². The molecule has 1 aliphatic rings. The normalized spacial score (nSPS) is 14.9. The molecule has 1 aliphatic carbocycles. The molecule has 2 rings (SSSR count). The van der Waals surface area contributed by atoms with Crippen molar-refractivity contribution in [2.24, 2.45) is 0 Å². The fraction of sp³-hybridized carbons (Fsp3) is 0.417. The van der Waals surface area contributed by atoms with Gasteiger partial charge in [-0.25, -0.2) is 0 Å². The van der Waals surface area contributed by atoms with Crippen molar-refractivity contribution < 1.29 is 4.79 Å². The standard InChI is InChI=1S/C12H13BrO/c13-8-12(14)11-7-3-5-9-4-1-2-6-10(9)11/h3,5,7H,1-2,4,6,8H2. The summed E-state index contributed by atoms with van der Waals surface area (Å²) in [6, 6.07) is 6.10. The van der Waals surface area contributed by atoms with E-state index in [1.165, 1.54) is 24.0 Å². The number of carbonyl (C=O) groups excluding carboxylic acids is 1. The Kier molecular flexibility index (Phi) is 3.02. The molecule has 0 unspecified atom stereocenters. The number of fused-ring (bicyclic) bond motifs is 1. The van der Waals surface area contributed by atoms with Gasteiger partial charge >= 0.3 is 0 Å². The highest BCUT2D eigenvalue weighted by Crippen LogP contribution is 2.24. The van der Waals surface area contributed by atoms with E-state index in [-0.39, 0.29) is 5.78 Å². The van der Waals surface area contributed by atoms with Crippen LogP contribution < -0.4 is 0 Å². The van der Waals surface area contributed by atoms with Crippen molar-refractivity contribution in [2.45, 2.75) is 25.7 Å². The van der Waals surface area contributed by atoms with Crippen LogP contribution >= 0.6 is 15.9 Å². The quantitative estimate of drug-likeness (QED) is 0.584. The van der Waals surface area contributed by atoms with Gasteiger partial charge in [0, 0.05) is 5.56 Å². The van der Waals surface area contributed by atoms with Gasteiger partial charge in [0.05, 0.1) is 5.33 Å². The molecule has 0 fully saturated rings. The zero-order chi connectivity index (χ0) is 9.97. The molecule has 14 heavy (non-hydrogen) atoms. The molecule has 0 amide bonds. The number of alkyl halides is 1. The molecule has 0 radical (unpaired) electrons. The lowest BCUT2D eigenvalue weighted by molar-refractivity contribution is 0.102. The smallest absolute Gasteiger partial charge is 0.173 e. The summed E-state index contributed by atoms with van der Waals surface area (Å²) in [4.78, 5) is 11.6. The molecule has 0 saturated carbocycles. The number of aryl methyl sites for hydroxylation is 1. The van der Waals surface area contributed by atoms with Crippen LogP contribution in [-0.4, -0.2) is 11.1 Å². The minimum absolute atomic E-state index is 0.212. The number of hydrogen-bond acceptors (Lipinski definition) is 1. The topological polar surface area (TPSA) is 17.1 Å². The predicted octanol–water partition coefficient (Wildman–Crippen LogP) is 3.14. The minimum atomic E-state index is 0.212. The van der Waals surface area contributed by atoms with Crippen LogP contribution in [0.3, 0.4) is 0 Å². The Hall–Kier alpha value is -0.630. The third-order valence-electron chi connectivity index (χ3n) is 2.82. The number of halogens is 1. The molecule has 0 saturated heterocycles. The third kappa shape index (κ3) is 1.76. The van der Waals surface area contributed by atoms with Crippen LogP contribution in [0.25, 0.3) is 0 Å². The van der Waals surface area contributed by atoms with Crippen LogP contribution in [0.1, 0.15) is 34.3 Å². The molecule has 1 nitrogen and oxygen atoms in total. The lowest BCUT2D eigenvalue weighted by atomic mass is 9.87. The van der Waals surface area contributed by atoms with E-state index in [9.17, 15) is 4.79 Å². The lowest BCUT2D eigenvalue weighted by Crippen LogP contribution is -2.11. The van der Waals surface area contributed by atoms with Crippen LogP contribution in [0.2, 0.25) is 0 Å². The van der Waals surface area contributed by atoms with Gasteiger partial charge in [0.25, 0.3) is 0 Å². The van der Waals surface area contributed by atoms with Crippen molar-refractivity contribution in [3.63, 3.8) is 0 Å². The summed E-state index contributed by atoms with van der Waals surface area (Å²) in [7, 11) is 0. The van der Waals surface area contributed by atoms with E-state index in [1.54, 1.807) is 0 Å². The third-order valence-corrected chi connectivity index (χ3v) is 3.33. The monoisotopic (exact) mass is 252 g/mol. The second-order valence-corrected chi connectivity index (χ2v) is 4.27. The highest BCUT2D eigenvalue weighted by atomic mass is 79.9. The van der Waals surface area contributed by atoms with Crippen molar-refractivity contribution in [2.75, 3.05) is 5.33 Å². The van der Waals surface area contributed by atoms with Gasteiger partial charge in [0.2, 0.25) is 0 Å². The summed E-state index contributed by atoms with van der Waals surface area (Å²) in [5, 5.41) is 0.434. The molecule has 1 aromatic carbocycles. The van der Waals surface area contributed by atoms with Gasteiger partial charge in [0.15, 0.2) is 5.78 Å². The van der Waals surface area contributed by atoms with Gasteiger partial charge in [-0.15, -0.1) is 0 Å². The molecule has 0 atom stereocenters. The number of carbonyl (C=O) groups is 1. The van der Waals surface area contributed by atoms with Crippen LogP contribution in [-0.2, 0) is 12.8 Å². The largest absolute Gasteiger partial charge is 0.293 e. The average Bonchev–Trinajstić information content (AvgIpc) is 2.27. The molecule has 1 aromatic rings. The first-order valence-electron chi connectivity index (χ1n) is 5.03. The second kappa shape index (κ2) is 4.26. The molecular formula is C12H13BrO. The summed E-state index contributed by atoms with van der Waals surface area (Å²) < 4.78 is 0. The Balaban J connectivity index is 2.45. The summed E-state index contributed by atoms with van der Waals surface area (Å²) in [6.07, 6.45) is 4.70. The zero-order valence-electron chi connectivity index (χ0n) is 8.05. The Morgan fingerprint density at radius 1 is 1.29 bits per heavy atom. The van der Waals surface area contributed by atoms with Crippen LogP contribution in [0, 0.1) is 0 Å². The Bertz CT molecular complexity index is 357. The molecule has 0 spiro atoms. The van der Waals surface area contributed by atoms with Gasteiger partial charge in [0.1, 0.15) is 0 Å². The molecular weight excluding hydrogens is 240 g/mol. The summed E-state index contributed by atoms with van der Waals surface area (Å²) in [6.45, 7) is 0. The summed E-state index contributed by atoms with van der Waals surface area (Å²) >= 11 is 3.23. The van der Waals surface area contributed by atoms with E-state index in [1.807, 2.05) is 12.1 Å². The number of Topliss-reactive ketones (excluding diaryl/α,β-unsaturated/α-hetero) is 1. The highest BCUT2D eigenvalue weighted by molar-refractivity contribution is 9.09. The Morgan fingerprint density at radius 2 is 2.07 bits per heavy atom. The van der Waals surface area contributed by atoms with Crippen molar-refractivity contribution in [3.05, 3.63) is 34.9 Å². The SMILES string of the molecule is O=C(CBr)c1cccc2c1CCCC2. The number of benzene rings is 1. The van der Waals surface area contributed by atoms with E-state index in [0.29, 0.717) is 5.33 Å². The number of ketones is 1. The molecule has 0 heterocycles. The highest BCUT2D eigenvalue weighted by Gasteiger charge is 2.16. The first-order chi connectivity index (χ1) is 6.83. The molecule has 0 N–H and O–H groups in total. The maximum Gasteiger partial charge on any atom is 0.173 e. The predicted molar refractivity (Wildman–Crippen MR) is 61.2 cm³/mol. The van der Waals surface area contributed by atoms with Gasteiger partial charge in [-0.1, -0.05) is 34.1 Å². The van der Waals surface area contributed by atoms with Crippen LogP contribution in [0.15, 0.2) is 18.2 Å². The number of rotatable bonds is 2. The van der Waals surface area contributed by atoms with Crippen molar-refractivity contribution >= 4 is 21.7 Å². The van der Waals surface area contributed by atoms with E-state index >= 15 is 0 Å². The number of hydrogen-bond donors (Lipinski definition) is 0. The average molecular weight is 253 g/mol. The molecule has 0 bridgehead atoms.